The first-order chi connectivity index (χ1) is 8.81. The van der Waals surface area contributed by atoms with Gasteiger partial charge in [-0.1, -0.05) is 27.7 Å². The Morgan fingerprint density at radius 1 is 1.00 bits per heavy atom. The van der Waals surface area contributed by atoms with Crippen LogP contribution >= 0.6 is 0 Å². The average molecular weight is 258 g/mol. The third kappa shape index (κ3) is 5.25. The van der Waals surface area contributed by atoms with Gasteiger partial charge in [0.25, 0.3) is 0 Å². The molecule has 3 heteroatoms. The number of methoxy groups -OCH3 is 1. The van der Waals surface area contributed by atoms with Crippen LogP contribution in [0.1, 0.15) is 47.0 Å². The van der Waals surface area contributed by atoms with Gasteiger partial charge in [-0.15, -0.1) is 0 Å². The second kappa shape index (κ2) is 10.8. The monoisotopic (exact) mass is 258 g/mol. The topological polar surface area (TPSA) is 15.7 Å². The first-order valence-corrected chi connectivity index (χ1v) is 7.74. The van der Waals surface area contributed by atoms with Crippen molar-refractivity contribution in [3.63, 3.8) is 0 Å². The SMILES string of the molecule is CC.CC.COCCCN1CC2CCC(C1)N2C. The van der Waals surface area contributed by atoms with Crippen molar-refractivity contribution < 1.29 is 4.74 Å². The fourth-order valence-corrected chi connectivity index (χ4v) is 2.82. The van der Waals surface area contributed by atoms with E-state index in [2.05, 4.69) is 16.8 Å². The minimum Gasteiger partial charge on any atom is -0.385 e. The van der Waals surface area contributed by atoms with Crippen LogP contribution in [0.25, 0.3) is 0 Å². The second-order valence-electron chi connectivity index (χ2n) is 4.66. The maximum absolute atomic E-state index is 5.09. The summed E-state index contributed by atoms with van der Waals surface area (Å²) in [6.45, 7) is 12.7. The number of likely N-dealkylation sites (N-methyl/N-ethyl adjacent to an activating group) is 1. The lowest BCUT2D eigenvalue weighted by atomic mass is 10.2. The van der Waals surface area contributed by atoms with Crippen LogP contribution in [0.4, 0.5) is 0 Å². The number of fused-ring (bicyclic) bond motifs is 2. The summed E-state index contributed by atoms with van der Waals surface area (Å²) in [5, 5.41) is 0. The number of likely N-dealkylation sites (tertiary alicyclic amines) is 1. The highest BCUT2D eigenvalue weighted by Crippen LogP contribution is 2.28. The number of piperazine rings is 1. The van der Waals surface area contributed by atoms with Crippen LogP contribution in [0, 0.1) is 0 Å². The zero-order valence-corrected chi connectivity index (χ0v) is 13.4. The highest BCUT2D eigenvalue weighted by molar-refractivity contribution is 4.93. The van der Waals surface area contributed by atoms with E-state index < -0.39 is 0 Å². The fraction of sp³-hybridized carbons (Fsp3) is 1.00. The number of nitrogens with zero attached hydrogens (tertiary/aromatic N) is 2. The Balaban J connectivity index is 0.000000659. The Bertz CT molecular complexity index is 173. The number of hydrogen-bond acceptors (Lipinski definition) is 3. The average Bonchev–Trinajstić information content (AvgIpc) is 2.66. The van der Waals surface area contributed by atoms with E-state index in [9.17, 15) is 0 Å². The Morgan fingerprint density at radius 3 is 1.94 bits per heavy atom. The van der Waals surface area contributed by atoms with Crippen molar-refractivity contribution in [1.82, 2.24) is 9.80 Å². The van der Waals surface area contributed by atoms with Crippen molar-refractivity contribution in [2.75, 3.05) is 40.4 Å². The Hall–Kier alpha value is -0.120. The Labute approximate surface area is 114 Å². The molecule has 2 unspecified atom stereocenters. The molecule has 0 aliphatic carbocycles. The van der Waals surface area contributed by atoms with Crippen molar-refractivity contribution >= 4 is 0 Å². The van der Waals surface area contributed by atoms with E-state index >= 15 is 0 Å². The summed E-state index contributed by atoms with van der Waals surface area (Å²) in [5.41, 5.74) is 0. The maximum atomic E-state index is 5.09. The van der Waals surface area contributed by atoms with Gasteiger partial charge in [0.15, 0.2) is 0 Å². The quantitative estimate of drug-likeness (QED) is 0.721. The molecule has 2 bridgehead atoms. The van der Waals surface area contributed by atoms with Crippen molar-refractivity contribution in [3.05, 3.63) is 0 Å². The molecular weight excluding hydrogens is 224 g/mol. The van der Waals surface area contributed by atoms with Crippen LogP contribution in [0.15, 0.2) is 0 Å². The standard InChI is InChI=1S/C11H22N2O.2C2H6/c1-12-10-4-5-11(12)9-13(8-10)6-3-7-14-2;2*1-2/h10-11H,3-9H2,1-2H3;2*1-2H3. The molecule has 2 heterocycles. The molecule has 0 aromatic rings. The minimum absolute atomic E-state index is 0.830. The van der Waals surface area contributed by atoms with E-state index in [1.165, 1.54) is 38.9 Å². The lowest BCUT2D eigenvalue weighted by Gasteiger charge is -2.38. The molecule has 2 aliphatic rings. The predicted molar refractivity (Wildman–Crippen MR) is 80.2 cm³/mol. The van der Waals surface area contributed by atoms with E-state index in [1.807, 2.05) is 27.7 Å². The van der Waals surface area contributed by atoms with Crippen LogP contribution in [-0.4, -0.2) is 62.3 Å². The van der Waals surface area contributed by atoms with E-state index in [0.717, 1.165) is 18.7 Å². The number of hydrogen-bond donors (Lipinski definition) is 0. The zero-order valence-electron chi connectivity index (χ0n) is 13.4. The van der Waals surface area contributed by atoms with E-state index in [4.69, 9.17) is 4.74 Å². The van der Waals surface area contributed by atoms with Gasteiger partial charge >= 0.3 is 0 Å². The lowest BCUT2D eigenvalue weighted by Crippen LogP contribution is -2.52. The molecular formula is C15H34N2O. The van der Waals surface area contributed by atoms with Crippen LogP contribution in [0.3, 0.4) is 0 Å². The first-order valence-electron chi connectivity index (χ1n) is 7.74. The van der Waals surface area contributed by atoms with Crippen molar-refractivity contribution in [1.29, 1.82) is 0 Å². The van der Waals surface area contributed by atoms with Gasteiger partial charge in [0.2, 0.25) is 0 Å². The van der Waals surface area contributed by atoms with Crippen molar-refractivity contribution in [2.24, 2.45) is 0 Å². The third-order valence-electron chi connectivity index (χ3n) is 3.75. The summed E-state index contributed by atoms with van der Waals surface area (Å²) in [7, 11) is 4.07. The molecule has 0 saturated carbocycles. The molecule has 0 spiro atoms. The normalized spacial score (nSPS) is 27.0. The summed E-state index contributed by atoms with van der Waals surface area (Å²) in [4.78, 5) is 5.19. The predicted octanol–water partition coefficient (Wildman–Crippen LogP) is 2.85. The molecule has 2 saturated heterocycles. The molecule has 3 nitrogen and oxygen atoms in total. The number of rotatable bonds is 4. The van der Waals surface area contributed by atoms with Crippen LogP contribution in [-0.2, 0) is 4.74 Å². The van der Waals surface area contributed by atoms with Gasteiger partial charge in [-0.3, -0.25) is 4.90 Å². The van der Waals surface area contributed by atoms with Crippen molar-refractivity contribution in [2.45, 2.75) is 59.0 Å². The summed E-state index contributed by atoms with van der Waals surface area (Å²) >= 11 is 0. The summed E-state index contributed by atoms with van der Waals surface area (Å²) < 4.78 is 5.09. The summed E-state index contributed by atoms with van der Waals surface area (Å²) in [5.74, 6) is 0. The smallest absolute Gasteiger partial charge is 0.0474 e. The molecule has 2 rings (SSSR count). The first kappa shape index (κ1) is 17.9. The van der Waals surface area contributed by atoms with E-state index in [-0.39, 0.29) is 0 Å². The highest BCUT2D eigenvalue weighted by Gasteiger charge is 2.36. The van der Waals surface area contributed by atoms with Crippen LogP contribution in [0.2, 0.25) is 0 Å². The molecule has 2 fully saturated rings. The van der Waals surface area contributed by atoms with E-state index in [1.54, 1.807) is 7.11 Å². The maximum Gasteiger partial charge on any atom is 0.0474 e. The second-order valence-corrected chi connectivity index (χ2v) is 4.66. The zero-order chi connectivity index (χ0) is 14.0. The van der Waals surface area contributed by atoms with Gasteiger partial charge < -0.3 is 9.64 Å². The van der Waals surface area contributed by atoms with Gasteiger partial charge in [-0.25, -0.2) is 0 Å². The largest absolute Gasteiger partial charge is 0.385 e. The molecule has 18 heavy (non-hydrogen) atoms. The highest BCUT2D eigenvalue weighted by atomic mass is 16.5. The Morgan fingerprint density at radius 2 is 1.50 bits per heavy atom. The molecule has 0 aromatic carbocycles. The summed E-state index contributed by atoms with van der Waals surface area (Å²) in [6, 6.07) is 1.66. The van der Waals surface area contributed by atoms with Crippen LogP contribution < -0.4 is 0 Å². The fourth-order valence-electron chi connectivity index (χ4n) is 2.82. The molecule has 110 valence electrons. The van der Waals surface area contributed by atoms with Gasteiger partial charge in [-0.05, 0) is 26.3 Å². The van der Waals surface area contributed by atoms with Gasteiger partial charge in [0, 0.05) is 45.4 Å². The molecule has 0 aromatic heterocycles. The molecule has 0 amide bonds. The molecule has 2 aliphatic heterocycles. The molecule has 2 atom stereocenters. The van der Waals surface area contributed by atoms with Gasteiger partial charge in [0.05, 0.1) is 0 Å². The van der Waals surface area contributed by atoms with Gasteiger partial charge in [-0.2, -0.15) is 0 Å². The summed E-state index contributed by atoms with van der Waals surface area (Å²) in [6.07, 6.45) is 3.99. The number of ether oxygens (including phenoxy) is 1. The van der Waals surface area contributed by atoms with Crippen LogP contribution in [0.5, 0.6) is 0 Å². The lowest BCUT2D eigenvalue weighted by molar-refractivity contribution is 0.0801. The third-order valence-corrected chi connectivity index (χ3v) is 3.75. The molecule has 0 radical (unpaired) electrons. The van der Waals surface area contributed by atoms with Crippen molar-refractivity contribution in [3.8, 4) is 0 Å². The van der Waals surface area contributed by atoms with E-state index in [0.29, 0.717) is 0 Å². The molecule has 0 N–H and O–H groups in total. The Kier molecular flexibility index (Phi) is 10.7. The van der Waals surface area contributed by atoms with Gasteiger partial charge in [0.1, 0.15) is 0 Å². The minimum atomic E-state index is 0.830.